The zero-order valence-corrected chi connectivity index (χ0v) is 18.4. The molecule has 0 saturated carbocycles. The fourth-order valence-electron chi connectivity index (χ4n) is 2.87. The molecule has 9 heteroatoms. The number of halogens is 1. The second kappa shape index (κ2) is 9.60. The molecule has 2 aromatic carbocycles. The van der Waals surface area contributed by atoms with Crippen molar-refractivity contribution >= 4 is 31.9 Å². The molecule has 2 aromatic rings. The van der Waals surface area contributed by atoms with Crippen molar-refractivity contribution in [3.8, 4) is 11.5 Å². The predicted molar refractivity (Wildman–Crippen MR) is 113 cm³/mol. The second-order valence-corrected chi connectivity index (χ2v) is 9.33. The van der Waals surface area contributed by atoms with Gasteiger partial charge in [-0.25, -0.2) is 13.1 Å². The van der Waals surface area contributed by atoms with Crippen molar-refractivity contribution in [2.24, 2.45) is 0 Å². The summed E-state index contributed by atoms with van der Waals surface area (Å²) in [6.07, 6.45) is 0.768. The van der Waals surface area contributed by atoms with Gasteiger partial charge in [-0.15, -0.1) is 0 Å². The van der Waals surface area contributed by atoms with Gasteiger partial charge in [0.05, 0.1) is 24.2 Å². The van der Waals surface area contributed by atoms with Crippen molar-refractivity contribution in [2.75, 3.05) is 19.8 Å². The number of amides is 1. The highest BCUT2D eigenvalue weighted by atomic mass is 79.9. The lowest BCUT2D eigenvalue weighted by Gasteiger charge is -2.15. The summed E-state index contributed by atoms with van der Waals surface area (Å²) in [4.78, 5) is 12.2. The molecule has 0 radical (unpaired) electrons. The van der Waals surface area contributed by atoms with E-state index in [4.69, 9.17) is 9.47 Å². The molecule has 0 spiro atoms. The van der Waals surface area contributed by atoms with Gasteiger partial charge in [-0.2, -0.15) is 0 Å². The molecule has 0 aromatic heterocycles. The molecule has 156 valence electrons. The van der Waals surface area contributed by atoms with E-state index >= 15 is 0 Å². The zero-order chi connectivity index (χ0) is 20.9. The topological polar surface area (TPSA) is 93.7 Å². The summed E-state index contributed by atoms with van der Waals surface area (Å²) in [6.45, 7) is 2.88. The maximum atomic E-state index is 12.5. The van der Waals surface area contributed by atoms with Gasteiger partial charge in [0.1, 0.15) is 0 Å². The number of hydrogen-bond donors (Lipinski definition) is 2. The first kappa shape index (κ1) is 21.6. The van der Waals surface area contributed by atoms with Crippen LogP contribution in [0, 0.1) is 0 Å². The maximum absolute atomic E-state index is 12.5. The fourth-order valence-corrected chi connectivity index (χ4v) is 4.33. The Morgan fingerprint density at radius 2 is 1.90 bits per heavy atom. The third-order valence-corrected chi connectivity index (χ3v) is 6.35. The highest BCUT2D eigenvalue weighted by molar-refractivity contribution is 9.10. The minimum absolute atomic E-state index is 0.00614. The first-order valence-electron chi connectivity index (χ1n) is 9.29. The van der Waals surface area contributed by atoms with Crippen molar-refractivity contribution in [3.63, 3.8) is 0 Å². The summed E-state index contributed by atoms with van der Waals surface area (Å²) in [5.41, 5.74) is 0.959. The molecule has 2 N–H and O–H groups in total. The molecule has 3 rings (SSSR count). The smallest absolute Gasteiger partial charge is 0.240 e. The van der Waals surface area contributed by atoms with Crippen LogP contribution in [0.5, 0.6) is 11.5 Å². The second-order valence-electron chi connectivity index (χ2n) is 6.65. The molecule has 1 atom stereocenters. The molecule has 7 nitrogen and oxygen atoms in total. The Morgan fingerprint density at radius 3 is 2.66 bits per heavy atom. The molecule has 0 saturated heterocycles. The Hall–Kier alpha value is -2.10. The lowest BCUT2D eigenvalue weighted by molar-refractivity contribution is -0.121. The van der Waals surface area contributed by atoms with Gasteiger partial charge in [0.15, 0.2) is 11.5 Å². The number of hydrogen-bond acceptors (Lipinski definition) is 5. The summed E-state index contributed by atoms with van der Waals surface area (Å²) in [7, 11) is -3.76. The van der Waals surface area contributed by atoms with Gasteiger partial charge in [0.25, 0.3) is 0 Å². The van der Waals surface area contributed by atoms with E-state index < -0.39 is 10.0 Å². The average Bonchev–Trinajstić information content (AvgIpc) is 2.92. The van der Waals surface area contributed by atoms with Crippen LogP contribution in [0.1, 0.15) is 31.4 Å². The molecule has 1 aliphatic heterocycles. The van der Waals surface area contributed by atoms with Crippen molar-refractivity contribution in [1.82, 2.24) is 10.0 Å². The van der Waals surface area contributed by atoms with E-state index in [1.807, 2.05) is 31.2 Å². The molecule has 0 aliphatic carbocycles. The van der Waals surface area contributed by atoms with Gasteiger partial charge in [-0.3, -0.25) is 4.79 Å². The predicted octanol–water partition coefficient (Wildman–Crippen LogP) is 3.16. The van der Waals surface area contributed by atoms with Gasteiger partial charge in [0.2, 0.25) is 15.9 Å². The van der Waals surface area contributed by atoms with E-state index in [2.05, 4.69) is 26.0 Å². The van der Waals surface area contributed by atoms with Crippen LogP contribution in [0.25, 0.3) is 0 Å². The van der Waals surface area contributed by atoms with Gasteiger partial charge in [-0.05, 0) is 36.8 Å². The number of sulfonamides is 1. The molecule has 1 aliphatic rings. The van der Waals surface area contributed by atoms with Gasteiger partial charge in [-0.1, -0.05) is 28.1 Å². The van der Waals surface area contributed by atoms with E-state index in [9.17, 15) is 13.2 Å². The van der Waals surface area contributed by atoms with Crippen molar-refractivity contribution < 1.29 is 22.7 Å². The third-order valence-electron chi connectivity index (χ3n) is 4.40. The Labute approximate surface area is 179 Å². The van der Waals surface area contributed by atoms with Crippen molar-refractivity contribution in [3.05, 3.63) is 52.5 Å². The summed E-state index contributed by atoms with van der Waals surface area (Å²) in [5.74, 6) is 0.701. The first-order chi connectivity index (χ1) is 13.8. The van der Waals surface area contributed by atoms with Crippen LogP contribution in [0.15, 0.2) is 51.8 Å². The van der Waals surface area contributed by atoms with Crippen LogP contribution >= 0.6 is 15.9 Å². The van der Waals surface area contributed by atoms with E-state index in [-0.39, 0.29) is 29.8 Å². The highest BCUT2D eigenvalue weighted by Crippen LogP contribution is 2.31. The molecule has 29 heavy (non-hydrogen) atoms. The van der Waals surface area contributed by atoms with Gasteiger partial charge >= 0.3 is 0 Å². The molecule has 0 bridgehead atoms. The molecule has 1 amide bonds. The highest BCUT2D eigenvalue weighted by Gasteiger charge is 2.19. The normalized spacial score (nSPS) is 14.7. The van der Waals surface area contributed by atoms with Crippen molar-refractivity contribution in [2.45, 2.75) is 30.7 Å². The average molecular weight is 483 g/mol. The number of rotatable bonds is 7. The lowest BCUT2D eigenvalue weighted by Crippen LogP contribution is -2.32. The van der Waals surface area contributed by atoms with Gasteiger partial charge in [0, 0.05) is 29.9 Å². The SMILES string of the molecule is CC(NC(=O)CCNS(=O)(=O)c1ccc2c(c1)OCCCO2)c1cccc(Br)c1. The van der Waals surface area contributed by atoms with Gasteiger partial charge < -0.3 is 14.8 Å². The number of fused-ring (bicyclic) bond motifs is 1. The van der Waals surface area contributed by atoms with Crippen LogP contribution in [0.3, 0.4) is 0 Å². The number of carbonyl (C=O) groups excluding carboxylic acids is 1. The van der Waals surface area contributed by atoms with E-state index in [0.29, 0.717) is 24.7 Å². The maximum Gasteiger partial charge on any atom is 0.240 e. The van der Waals surface area contributed by atoms with Crippen LogP contribution in [-0.2, 0) is 14.8 Å². The minimum Gasteiger partial charge on any atom is -0.490 e. The van der Waals surface area contributed by atoms with E-state index in [1.165, 1.54) is 12.1 Å². The molecule has 0 fully saturated rings. The number of benzene rings is 2. The summed E-state index contributed by atoms with van der Waals surface area (Å²) >= 11 is 3.40. The number of nitrogens with one attached hydrogen (secondary N) is 2. The Morgan fingerprint density at radius 1 is 1.14 bits per heavy atom. The van der Waals surface area contributed by atoms with E-state index in [1.54, 1.807) is 6.07 Å². The summed E-state index contributed by atoms with van der Waals surface area (Å²) in [5, 5.41) is 2.87. The van der Waals surface area contributed by atoms with Crippen LogP contribution in [-0.4, -0.2) is 34.1 Å². The molecular weight excluding hydrogens is 460 g/mol. The Balaban J connectivity index is 1.54. The lowest BCUT2D eigenvalue weighted by atomic mass is 10.1. The summed E-state index contributed by atoms with van der Waals surface area (Å²) in [6, 6.07) is 12.0. The fraction of sp³-hybridized carbons (Fsp3) is 0.350. The standard InChI is InChI=1S/C20H23BrN2O5S/c1-14(15-4-2-5-16(21)12-15)23-20(24)8-9-22-29(25,26)17-6-7-18-19(13-17)28-11-3-10-27-18/h2,4-7,12-14,22H,3,8-11H2,1H3,(H,23,24). The first-order valence-corrected chi connectivity index (χ1v) is 11.6. The largest absolute Gasteiger partial charge is 0.490 e. The van der Waals surface area contributed by atoms with Crippen LogP contribution in [0.2, 0.25) is 0 Å². The van der Waals surface area contributed by atoms with Crippen molar-refractivity contribution in [1.29, 1.82) is 0 Å². The van der Waals surface area contributed by atoms with Crippen LogP contribution in [0.4, 0.5) is 0 Å². The Bertz CT molecular complexity index is 981. The quantitative estimate of drug-likeness (QED) is 0.631. The van der Waals surface area contributed by atoms with Crippen LogP contribution < -0.4 is 19.5 Å². The molecule has 1 heterocycles. The molecular formula is C20H23BrN2O5S. The third kappa shape index (κ3) is 5.94. The van der Waals surface area contributed by atoms with E-state index in [0.717, 1.165) is 16.5 Å². The monoisotopic (exact) mass is 482 g/mol. The zero-order valence-electron chi connectivity index (χ0n) is 16.0. The molecule has 1 unspecified atom stereocenters. The number of ether oxygens (including phenoxy) is 2. The summed E-state index contributed by atoms with van der Waals surface area (Å²) < 4.78 is 39.5. The number of carbonyl (C=O) groups is 1. The minimum atomic E-state index is -3.76. The Kier molecular flexibility index (Phi) is 7.15.